The Morgan fingerprint density at radius 1 is 1.06 bits per heavy atom. The maximum Gasteiger partial charge on any atom is 0.325 e. The summed E-state index contributed by atoms with van der Waals surface area (Å²) in [5, 5.41) is 6.54. The van der Waals surface area contributed by atoms with Gasteiger partial charge in [0, 0.05) is 69.0 Å². The standard InChI is InChI=1S/C23H25ClN8O4/c1-14(33)25-6-7-26-18-12-19(29-20(28-18)15-2-4-16(24)5-3-15)31-8-10-32(11-9-31)22(35)17-13-27-23(36)30-21(17)34/h2-5,12-13H,6-11H2,1H3,(H,25,33)(H,26,28,29)(H2,27,30,34,36). The zero-order chi connectivity index (χ0) is 25.7. The fourth-order valence-electron chi connectivity index (χ4n) is 3.72. The molecule has 0 aliphatic carbocycles. The monoisotopic (exact) mass is 512 g/mol. The predicted molar refractivity (Wildman–Crippen MR) is 135 cm³/mol. The second kappa shape index (κ2) is 11.0. The van der Waals surface area contributed by atoms with Gasteiger partial charge in [-0.15, -0.1) is 0 Å². The highest BCUT2D eigenvalue weighted by molar-refractivity contribution is 6.30. The van der Waals surface area contributed by atoms with E-state index in [2.05, 4.69) is 25.6 Å². The molecule has 4 N–H and O–H groups in total. The number of aromatic nitrogens is 4. The summed E-state index contributed by atoms with van der Waals surface area (Å²) in [6.07, 6.45) is 1.14. The van der Waals surface area contributed by atoms with Gasteiger partial charge >= 0.3 is 5.69 Å². The van der Waals surface area contributed by atoms with Crippen molar-refractivity contribution in [1.82, 2.24) is 30.2 Å². The minimum atomic E-state index is -0.718. The molecule has 188 valence electrons. The normalized spacial score (nSPS) is 13.4. The highest BCUT2D eigenvalue weighted by atomic mass is 35.5. The number of rotatable bonds is 7. The lowest BCUT2D eigenvalue weighted by Gasteiger charge is -2.35. The van der Waals surface area contributed by atoms with Gasteiger partial charge in [0.05, 0.1) is 0 Å². The van der Waals surface area contributed by atoms with Crippen LogP contribution in [0.5, 0.6) is 0 Å². The van der Waals surface area contributed by atoms with Gasteiger partial charge in [-0.2, -0.15) is 0 Å². The zero-order valence-corrected chi connectivity index (χ0v) is 20.3. The Balaban J connectivity index is 1.51. The molecular formula is C23H25ClN8O4. The molecule has 0 radical (unpaired) electrons. The number of aromatic amines is 2. The number of hydrogen-bond donors (Lipinski definition) is 4. The van der Waals surface area contributed by atoms with Crippen LogP contribution in [0, 0.1) is 0 Å². The largest absolute Gasteiger partial charge is 0.368 e. The Bertz CT molecular complexity index is 1360. The third kappa shape index (κ3) is 6.08. The number of benzene rings is 1. The summed E-state index contributed by atoms with van der Waals surface area (Å²) in [4.78, 5) is 64.5. The smallest absolute Gasteiger partial charge is 0.325 e. The van der Waals surface area contributed by atoms with E-state index >= 15 is 0 Å². The molecule has 3 aromatic rings. The molecule has 0 bridgehead atoms. The van der Waals surface area contributed by atoms with Crippen LogP contribution in [-0.2, 0) is 4.79 Å². The van der Waals surface area contributed by atoms with E-state index in [1.165, 1.54) is 6.92 Å². The number of H-pyrrole nitrogens is 2. The molecule has 13 heteroatoms. The van der Waals surface area contributed by atoms with Crippen LogP contribution in [0.25, 0.3) is 11.4 Å². The van der Waals surface area contributed by atoms with Gasteiger partial charge in [0.1, 0.15) is 17.2 Å². The van der Waals surface area contributed by atoms with E-state index in [1.54, 1.807) is 17.0 Å². The van der Waals surface area contributed by atoms with Gasteiger partial charge in [0.2, 0.25) is 5.91 Å². The molecule has 0 atom stereocenters. The molecule has 12 nitrogen and oxygen atoms in total. The number of hydrogen-bond acceptors (Lipinski definition) is 8. The first kappa shape index (κ1) is 24.9. The Kier molecular flexibility index (Phi) is 7.64. The van der Waals surface area contributed by atoms with Crippen LogP contribution in [-0.4, -0.2) is 75.9 Å². The lowest BCUT2D eigenvalue weighted by molar-refractivity contribution is -0.118. The first-order valence-corrected chi connectivity index (χ1v) is 11.7. The number of amides is 2. The summed E-state index contributed by atoms with van der Waals surface area (Å²) in [5.74, 6) is 1.21. The Labute approximate surface area is 210 Å². The van der Waals surface area contributed by atoms with Crippen LogP contribution in [0.3, 0.4) is 0 Å². The molecule has 36 heavy (non-hydrogen) atoms. The van der Waals surface area contributed by atoms with E-state index in [-0.39, 0.29) is 11.5 Å². The lowest BCUT2D eigenvalue weighted by atomic mass is 10.2. The van der Waals surface area contributed by atoms with Gasteiger partial charge in [-0.25, -0.2) is 14.8 Å². The van der Waals surface area contributed by atoms with Gasteiger partial charge in [-0.1, -0.05) is 11.6 Å². The molecule has 1 aliphatic rings. The van der Waals surface area contributed by atoms with Crippen LogP contribution in [0.2, 0.25) is 5.02 Å². The number of nitrogens with zero attached hydrogens (tertiary/aromatic N) is 4. The second-order valence-corrected chi connectivity index (χ2v) is 8.55. The van der Waals surface area contributed by atoms with E-state index < -0.39 is 17.2 Å². The fraction of sp³-hybridized carbons (Fsp3) is 0.304. The highest BCUT2D eigenvalue weighted by Crippen LogP contribution is 2.24. The first-order valence-electron chi connectivity index (χ1n) is 11.3. The van der Waals surface area contributed by atoms with Gasteiger partial charge in [-0.05, 0) is 24.3 Å². The van der Waals surface area contributed by atoms with Crippen molar-refractivity contribution in [2.45, 2.75) is 6.92 Å². The predicted octanol–water partition coefficient (Wildman–Crippen LogP) is 0.684. The number of nitrogens with one attached hydrogen (secondary N) is 4. The quantitative estimate of drug-likeness (QED) is 0.337. The number of carbonyl (C=O) groups is 2. The maximum atomic E-state index is 12.8. The molecule has 0 saturated carbocycles. The van der Waals surface area contributed by atoms with Crippen molar-refractivity contribution in [3.05, 3.63) is 68.0 Å². The van der Waals surface area contributed by atoms with E-state index in [0.29, 0.717) is 61.8 Å². The van der Waals surface area contributed by atoms with Crippen molar-refractivity contribution < 1.29 is 9.59 Å². The van der Waals surface area contributed by atoms with Gasteiger partial charge in [0.25, 0.3) is 11.5 Å². The van der Waals surface area contributed by atoms with Crippen molar-refractivity contribution in [2.75, 3.05) is 49.5 Å². The first-order chi connectivity index (χ1) is 17.3. The molecule has 1 aromatic carbocycles. The van der Waals surface area contributed by atoms with Crippen molar-refractivity contribution in [3.63, 3.8) is 0 Å². The fourth-order valence-corrected chi connectivity index (χ4v) is 3.85. The van der Waals surface area contributed by atoms with Crippen LogP contribution >= 0.6 is 11.6 Å². The summed E-state index contributed by atoms with van der Waals surface area (Å²) in [7, 11) is 0. The Hall–Kier alpha value is -4.19. The van der Waals surface area contributed by atoms with E-state index in [1.807, 2.05) is 23.1 Å². The van der Waals surface area contributed by atoms with Crippen molar-refractivity contribution in [3.8, 4) is 11.4 Å². The summed E-state index contributed by atoms with van der Waals surface area (Å²) in [6.45, 7) is 4.07. The van der Waals surface area contributed by atoms with Crippen molar-refractivity contribution in [1.29, 1.82) is 0 Å². The average Bonchev–Trinajstić information content (AvgIpc) is 2.86. The van der Waals surface area contributed by atoms with Crippen LogP contribution in [0.15, 0.2) is 46.1 Å². The third-order valence-electron chi connectivity index (χ3n) is 5.56. The average molecular weight is 513 g/mol. The SMILES string of the molecule is CC(=O)NCCNc1cc(N2CCN(C(=O)c3c[nH]c(=O)[nH]c3=O)CC2)nc(-c2ccc(Cl)cc2)n1. The van der Waals surface area contributed by atoms with Crippen LogP contribution in [0.4, 0.5) is 11.6 Å². The minimum absolute atomic E-state index is 0.110. The van der Waals surface area contributed by atoms with Crippen molar-refractivity contribution in [2.24, 2.45) is 0 Å². The van der Waals surface area contributed by atoms with E-state index in [0.717, 1.165) is 11.8 Å². The molecule has 1 fully saturated rings. The van der Waals surface area contributed by atoms with Crippen LogP contribution in [0.1, 0.15) is 17.3 Å². The van der Waals surface area contributed by atoms with E-state index in [9.17, 15) is 19.2 Å². The molecule has 0 unspecified atom stereocenters. The highest BCUT2D eigenvalue weighted by Gasteiger charge is 2.25. The van der Waals surface area contributed by atoms with Gasteiger partial charge in [0.15, 0.2) is 5.82 Å². The summed E-state index contributed by atoms with van der Waals surface area (Å²) in [5.41, 5.74) is -0.703. The summed E-state index contributed by atoms with van der Waals surface area (Å²) >= 11 is 6.03. The third-order valence-corrected chi connectivity index (χ3v) is 5.81. The zero-order valence-electron chi connectivity index (χ0n) is 19.5. The number of halogens is 1. The molecule has 3 heterocycles. The van der Waals surface area contributed by atoms with Gasteiger partial charge < -0.3 is 25.4 Å². The molecule has 1 saturated heterocycles. The molecule has 1 aliphatic heterocycles. The summed E-state index contributed by atoms with van der Waals surface area (Å²) < 4.78 is 0. The van der Waals surface area contributed by atoms with Crippen LogP contribution < -0.4 is 26.8 Å². The number of carbonyl (C=O) groups excluding carboxylic acids is 2. The van der Waals surface area contributed by atoms with Crippen molar-refractivity contribution >= 4 is 35.1 Å². The Morgan fingerprint density at radius 2 is 1.78 bits per heavy atom. The Morgan fingerprint density at radius 3 is 2.44 bits per heavy atom. The molecule has 0 spiro atoms. The molecular weight excluding hydrogens is 488 g/mol. The number of anilines is 2. The summed E-state index contributed by atoms with van der Waals surface area (Å²) in [6, 6.07) is 9.01. The van der Waals surface area contributed by atoms with E-state index in [4.69, 9.17) is 16.6 Å². The lowest BCUT2D eigenvalue weighted by Crippen LogP contribution is -2.50. The molecule has 2 amide bonds. The number of piperazine rings is 1. The minimum Gasteiger partial charge on any atom is -0.368 e. The second-order valence-electron chi connectivity index (χ2n) is 8.12. The topological polar surface area (TPSA) is 156 Å². The maximum absolute atomic E-state index is 12.8. The molecule has 2 aromatic heterocycles. The van der Waals surface area contributed by atoms with Gasteiger partial charge in [-0.3, -0.25) is 19.4 Å². The molecule has 4 rings (SSSR count).